The predicted octanol–water partition coefficient (Wildman–Crippen LogP) is 3.13. The molecule has 4 heteroatoms. The summed E-state index contributed by atoms with van der Waals surface area (Å²) in [5.74, 6) is 2.50. The lowest BCUT2D eigenvalue weighted by molar-refractivity contribution is 0.329. The van der Waals surface area contributed by atoms with Crippen LogP contribution in [0.4, 0.5) is 0 Å². The molecule has 1 aromatic carbocycles. The minimum atomic E-state index is 0.414. The van der Waals surface area contributed by atoms with Crippen molar-refractivity contribution in [1.29, 1.82) is 0 Å². The standard InChI is InChI=1S/C17H25N3O/c1-12(2)7-15(11-18)10-17-19-16(20-21-17)9-14-6-4-5-13(3)8-14/h4-6,8,12,15H,7,9-11,18H2,1-3H3/t15-/m0/s1. The van der Waals surface area contributed by atoms with Crippen molar-refractivity contribution in [2.24, 2.45) is 17.6 Å². The highest BCUT2D eigenvalue weighted by Crippen LogP contribution is 2.16. The molecule has 0 aliphatic carbocycles. The number of aromatic nitrogens is 2. The summed E-state index contributed by atoms with van der Waals surface area (Å²) in [6, 6.07) is 8.38. The Balaban J connectivity index is 1.97. The Hall–Kier alpha value is -1.68. The third kappa shape index (κ3) is 4.97. The zero-order valence-electron chi connectivity index (χ0n) is 13.2. The van der Waals surface area contributed by atoms with E-state index in [0.717, 1.165) is 18.7 Å². The molecular weight excluding hydrogens is 262 g/mol. The molecule has 0 fully saturated rings. The zero-order chi connectivity index (χ0) is 15.2. The Bertz CT molecular complexity index is 563. The van der Waals surface area contributed by atoms with E-state index < -0.39 is 0 Å². The quantitative estimate of drug-likeness (QED) is 0.849. The van der Waals surface area contributed by atoms with Crippen LogP contribution in [0.5, 0.6) is 0 Å². The lowest BCUT2D eigenvalue weighted by Crippen LogP contribution is -2.19. The van der Waals surface area contributed by atoms with Crippen molar-refractivity contribution < 1.29 is 4.52 Å². The molecule has 0 bridgehead atoms. The van der Waals surface area contributed by atoms with E-state index in [-0.39, 0.29) is 0 Å². The first-order valence-electron chi connectivity index (χ1n) is 7.64. The number of benzene rings is 1. The Morgan fingerprint density at radius 1 is 1.29 bits per heavy atom. The molecule has 0 aliphatic rings. The third-order valence-corrected chi connectivity index (χ3v) is 3.56. The van der Waals surface area contributed by atoms with Crippen molar-refractivity contribution in [3.05, 3.63) is 47.1 Å². The van der Waals surface area contributed by atoms with Gasteiger partial charge in [-0.15, -0.1) is 0 Å². The van der Waals surface area contributed by atoms with Crippen LogP contribution in [0.2, 0.25) is 0 Å². The first kappa shape index (κ1) is 15.7. The summed E-state index contributed by atoms with van der Waals surface area (Å²) in [6.45, 7) is 7.16. The maximum Gasteiger partial charge on any atom is 0.226 e. The van der Waals surface area contributed by atoms with Crippen LogP contribution in [0.15, 0.2) is 28.8 Å². The molecule has 0 saturated heterocycles. The van der Waals surface area contributed by atoms with Gasteiger partial charge in [0.25, 0.3) is 0 Å². The molecule has 0 amide bonds. The minimum Gasteiger partial charge on any atom is -0.339 e. The van der Waals surface area contributed by atoms with Crippen LogP contribution >= 0.6 is 0 Å². The zero-order valence-corrected chi connectivity index (χ0v) is 13.2. The summed E-state index contributed by atoms with van der Waals surface area (Å²) < 4.78 is 5.36. The fraction of sp³-hybridized carbons (Fsp3) is 0.529. The Labute approximate surface area is 126 Å². The lowest BCUT2D eigenvalue weighted by Gasteiger charge is -2.14. The molecule has 2 N–H and O–H groups in total. The van der Waals surface area contributed by atoms with Crippen molar-refractivity contribution >= 4 is 0 Å². The van der Waals surface area contributed by atoms with Crippen molar-refractivity contribution in [2.45, 2.75) is 40.0 Å². The second-order valence-corrected chi connectivity index (χ2v) is 6.21. The Morgan fingerprint density at radius 2 is 2.10 bits per heavy atom. The average Bonchev–Trinajstić information content (AvgIpc) is 2.84. The van der Waals surface area contributed by atoms with Gasteiger partial charge in [0.2, 0.25) is 5.89 Å². The van der Waals surface area contributed by atoms with Gasteiger partial charge in [-0.05, 0) is 37.3 Å². The van der Waals surface area contributed by atoms with E-state index in [9.17, 15) is 0 Å². The van der Waals surface area contributed by atoms with Crippen molar-refractivity contribution in [1.82, 2.24) is 10.1 Å². The summed E-state index contributed by atoms with van der Waals surface area (Å²) in [4.78, 5) is 4.50. The molecule has 1 aromatic heterocycles. The highest BCUT2D eigenvalue weighted by molar-refractivity contribution is 5.24. The predicted molar refractivity (Wildman–Crippen MR) is 84.0 cm³/mol. The van der Waals surface area contributed by atoms with Crippen LogP contribution in [0.3, 0.4) is 0 Å². The SMILES string of the molecule is Cc1cccc(Cc2noc(C[C@@H](CN)CC(C)C)n2)c1. The number of aryl methyl sites for hydroxylation is 1. The molecule has 0 aliphatic heterocycles. The van der Waals surface area contributed by atoms with E-state index in [1.807, 2.05) is 0 Å². The van der Waals surface area contributed by atoms with Crippen molar-refractivity contribution in [3.63, 3.8) is 0 Å². The summed E-state index contributed by atoms with van der Waals surface area (Å²) >= 11 is 0. The number of nitrogens with zero attached hydrogens (tertiary/aromatic N) is 2. The molecule has 0 radical (unpaired) electrons. The molecule has 0 spiro atoms. The topological polar surface area (TPSA) is 64.9 Å². The fourth-order valence-electron chi connectivity index (χ4n) is 2.63. The molecule has 0 unspecified atom stereocenters. The van der Waals surface area contributed by atoms with Gasteiger partial charge in [0, 0.05) is 12.8 Å². The molecule has 0 saturated carbocycles. The van der Waals surface area contributed by atoms with Crippen LogP contribution in [0.25, 0.3) is 0 Å². The number of nitrogens with two attached hydrogens (primary N) is 1. The van der Waals surface area contributed by atoms with E-state index in [1.165, 1.54) is 11.1 Å². The van der Waals surface area contributed by atoms with Crippen molar-refractivity contribution in [3.8, 4) is 0 Å². The largest absolute Gasteiger partial charge is 0.339 e. The number of hydrogen-bond acceptors (Lipinski definition) is 4. The summed E-state index contributed by atoms with van der Waals surface area (Å²) in [6.07, 6.45) is 2.57. The highest BCUT2D eigenvalue weighted by Gasteiger charge is 2.15. The van der Waals surface area contributed by atoms with Gasteiger partial charge in [-0.3, -0.25) is 0 Å². The molecular formula is C17H25N3O. The molecule has 4 nitrogen and oxygen atoms in total. The van der Waals surface area contributed by atoms with Crippen LogP contribution in [0, 0.1) is 18.8 Å². The third-order valence-electron chi connectivity index (χ3n) is 3.56. The van der Waals surface area contributed by atoms with E-state index in [1.54, 1.807) is 0 Å². The van der Waals surface area contributed by atoms with Crippen LogP contribution in [0.1, 0.15) is 43.1 Å². The first-order chi connectivity index (χ1) is 10.1. The Kier molecular flexibility index (Phi) is 5.51. The molecule has 21 heavy (non-hydrogen) atoms. The summed E-state index contributed by atoms with van der Waals surface area (Å²) in [5.41, 5.74) is 8.28. The van der Waals surface area contributed by atoms with Gasteiger partial charge < -0.3 is 10.3 Å². The van der Waals surface area contributed by atoms with Crippen LogP contribution in [-0.4, -0.2) is 16.7 Å². The second kappa shape index (κ2) is 7.36. The van der Waals surface area contributed by atoms with Gasteiger partial charge in [0.15, 0.2) is 5.82 Å². The maximum absolute atomic E-state index is 5.83. The highest BCUT2D eigenvalue weighted by atomic mass is 16.5. The second-order valence-electron chi connectivity index (χ2n) is 6.21. The molecule has 1 heterocycles. The van der Waals surface area contributed by atoms with Gasteiger partial charge in [0.05, 0.1) is 0 Å². The Morgan fingerprint density at radius 3 is 2.76 bits per heavy atom. The maximum atomic E-state index is 5.83. The van der Waals surface area contributed by atoms with Crippen molar-refractivity contribution in [2.75, 3.05) is 6.54 Å². The van der Waals surface area contributed by atoms with Crippen LogP contribution < -0.4 is 5.73 Å². The fourth-order valence-corrected chi connectivity index (χ4v) is 2.63. The van der Waals surface area contributed by atoms with Crippen LogP contribution in [-0.2, 0) is 12.8 Å². The van der Waals surface area contributed by atoms with E-state index >= 15 is 0 Å². The summed E-state index contributed by atoms with van der Waals surface area (Å²) in [5, 5.41) is 4.08. The molecule has 2 rings (SSSR count). The van der Waals surface area contributed by atoms with Gasteiger partial charge in [-0.2, -0.15) is 4.98 Å². The van der Waals surface area contributed by atoms with E-state index in [2.05, 4.69) is 55.2 Å². The van der Waals surface area contributed by atoms with Gasteiger partial charge in [-0.25, -0.2) is 0 Å². The normalized spacial score (nSPS) is 12.8. The molecule has 2 aromatic rings. The smallest absolute Gasteiger partial charge is 0.226 e. The van der Waals surface area contributed by atoms with E-state index in [4.69, 9.17) is 10.3 Å². The lowest BCUT2D eigenvalue weighted by atomic mass is 9.94. The van der Waals surface area contributed by atoms with E-state index in [0.29, 0.717) is 30.7 Å². The molecule has 114 valence electrons. The first-order valence-corrected chi connectivity index (χ1v) is 7.64. The molecule has 1 atom stereocenters. The van der Waals surface area contributed by atoms with Gasteiger partial charge >= 0.3 is 0 Å². The number of hydrogen-bond donors (Lipinski definition) is 1. The summed E-state index contributed by atoms with van der Waals surface area (Å²) in [7, 11) is 0. The minimum absolute atomic E-state index is 0.414. The average molecular weight is 287 g/mol. The monoisotopic (exact) mass is 287 g/mol. The van der Waals surface area contributed by atoms with Gasteiger partial charge in [-0.1, -0.05) is 48.8 Å². The van der Waals surface area contributed by atoms with Gasteiger partial charge in [0.1, 0.15) is 0 Å². The number of rotatable bonds is 7.